The Hall–Kier alpha value is -1.86. The van der Waals surface area contributed by atoms with Gasteiger partial charge in [-0.2, -0.15) is 5.26 Å². The minimum Gasteiger partial charge on any atom is -0.382 e. The number of rotatable bonds is 3. The Bertz CT molecular complexity index is 706. The molecule has 0 bridgehead atoms. The second-order valence-corrected chi connectivity index (χ2v) is 5.67. The zero-order valence-corrected chi connectivity index (χ0v) is 12.2. The van der Waals surface area contributed by atoms with E-state index in [1.807, 2.05) is 18.2 Å². The van der Waals surface area contributed by atoms with Gasteiger partial charge in [-0.3, -0.25) is 0 Å². The Morgan fingerprint density at radius 3 is 2.85 bits per heavy atom. The first kappa shape index (κ1) is 13.1. The second kappa shape index (κ2) is 5.26. The van der Waals surface area contributed by atoms with Gasteiger partial charge >= 0.3 is 0 Å². The second-order valence-electron chi connectivity index (χ2n) is 4.88. The summed E-state index contributed by atoms with van der Waals surface area (Å²) in [7, 11) is 0. The van der Waals surface area contributed by atoms with Crippen LogP contribution in [0.25, 0.3) is 0 Å². The molecule has 3 rings (SSSR count). The molecule has 2 aromatic rings. The Morgan fingerprint density at radius 1 is 1.30 bits per heavy atom. The van der Waals surface area contributed by atoms with Crippen LogP contribution in [0.1, 0.15) is 22.6 Å². The van der Waals surface area contributed by atoms with Crippen LogP contribution in [-0.2, 0) is 6.42 Å². The zero-order chi connectivity index (χ0) is 14.1. The monoisotopic (exact) mass is 330 g/mol. The summed E-state index contributed by atoms with van der Waals surface area (Å²) >= 11 is 3.12. The molecule has 2 nitrogen and oxygen atoms in total. The molecule has 2 aromatic carbocycles. The number of halogens is 2. The van der Waals surface area contributed by atoms with Crippen molar-refractivity contribution >= 4 is 21.6 Å². The van der Waals surface area contributed by atoms with Gasteiger partial charge in [-0.25, -0.2) is 4.39 Å². The van der Waals surface area contributed by atoms with Crippen LogP contribution in [0, 0.1) is 17.1 Å². The molecule has 0 radical (unpaired) electrons. The van der Waals surface area contributed by atoms with Gasteiger partial charge in [-0.15, -0.1) is 0 Å². The number of anilines is 1. The highest BCUT2D eigenvalue weighted by atomic mass is 79.9. The average molecular weight is 331 g/mol. The van der Waals surface area contributed by atoms with Gasteiger partial charge in [0.2, 0.25) is 0 Å². The summed E-state index contributed by atoms with van der Waals surface area (Å²) in [5.74, 6) is 0.0247. The number of nitrogens with one attached hydrogen (secondary N) is 1. The van der Waals surface area contributed by atoms with Crippen molar-refractivity contribution in [1.29, 1.82) is 5.26 Å². The van der Waals surface area contributed by atoms with Gasteiger partial charge in [0.25, 0.3) is 0 Å². The lowest BCUT2D eigenvalue weighted by Crippen LogP contribution is -2.24. The molecule has 1 atom stereocenters. The molecule has 0 saturated carbocycles. The fourth-order valence-corrected chi connectivity index (χ4v) is 2.98. The molecule has 100 valence electrons. The maximum atomic E-state index is 14.1. The van der Waals surface area contributed by atoms with Crippen molar-refractivity contribution in [2.75, 3.05) is 11.9 Å². The predicted molar refractivity (Wildman–Crippen MR) is 80.2 cm³/mol. The summed E-state index contributed by atoms with van der Waals surface area (Å²) < 4.78 is 14.3. The van der Waals surface area contributed by atoms with Crippen molar-refractivity contribution in [3.05, 3.63) is 63.4 Å². The minimum absolute atomic E-state index is 0.221. The molecular weight excluding hydrogens is 319 g/mol. The molecule has 0 saturated heterocycles. The minimum atomic E-state index is -0.406. The zero-order valence-electron chi connectivity index (χ0n) is 10.7. The van der Waals surface area contributed by atoms with Crippen LogP contribution in [0.5, 0.6) is 0 Å². The van der Waals surface area contributed by atoms with Gasteiger partial charge in [-0.05, 0) is 45.6 Å². The molecular formula is C16H12BrFN2. The highest BCUT2D eigenvalue weighted by Gasteiger charge is 2.25. The molecule has 0 amide bonds. The van der Waals surface area contributed by atoms with Gasteiger partial charge in [0, 0.05) is 12.5 Å². The van der Waals surface area contributed by atoms with Crippen LogP contribution in [0.4, 0.5) is 10.1 Å². The van der Waals surface area contributed by atoms with Crippen LogP contribution < -0.4 is 5.32 Å². The molecule has 0 spiro atoms. The fraction of sp³-hybridized carbons (Fsp3) is 0.188. The van der Waals surface area contributed by atoms with E-state index < -0.39 is 5.82 Å². The fourth-order valence-electron chi connectivity index (χ4n) is 2.55. The summed E-state index contributed by atoms with van der Waals surface area (Å²) in [6.45, 7) is 0.701. The third-order valence-corrected chi connectivity index (χ3v) is 4.48. The number of benzene rings is 2. The van der Waals surface area contributed by atoms with Crippen molar-refractivity contribution in [2.45, 2.75) is 12.3 Å². The largest absolute Gasteiger partial charge is 0.382 e. The van der Waals surface area contributed by atoms with E-state index in [9.17, 15) is 4.39 Å². The molecule has 0 aliphatic heterocycles. The highest BCUT2D eigenvalue weighted by molar-refractivity contribution is 9.10. The molecule has 1 aliphatic carbocycles. The third kappa shape index (κ3) is 2.19. The molecule has 20 heavy (non-hydrogen) atoms. The summed E-state index contributed by atoms with van der Waals surface area (Å²) in [6, 6.07) is 13.5. The van der Waals surface area contributed by atoms with Crippen molar-refractivity contribution in [3.63, 3.8) is 0 Å². The first-order valence-corrected chi connectivity index (χ1v) is 7.19. The average Bonchev–Trinajstić information content (AvgIpc) is 2.44. The van der Waals surface area contributed by atoms with E-state index in [1.165, 1.54) is 11.1 Å². The first-order valence-electron chi connectivity index (χ1n) is 6.40. The number of hydrogen-bond donors (Lipinski definition) is 1. The summed E-state index contributed by atoms with van der Waals surface area (Å²) in [5.41, 5.74) is 3.45. The van der Waals surface area contributed by atoms with E-state index in [2.05, 4.69) is 33.4 Å². The van der Waals surface area contributed by atoms with Gasteiger partial charge in [0.1, 0.15) is 6.07 Å². The third-order valence-electron chi connectivity index (χ3n) is 3.70. The van der Waals surface area contributed by atoms with E-state index in [-0.39, 0.29) is 4.47 Å². The van der Waals surface area contributed by atoms with Crippen molar-refractivity contribution in [1.82, 2.24) is 0 Å². The Balaban J connectivity index is 1.72. The summed E-state index contributed by atoms with van der Waals surface area (Å²) in [5, 5.41) is 12.0. The summed E-state index contributed by atoms with van der Waals surface area (Å²) in [4.78, 5) is 0. The predicted octanol–water partition coefficient (Wildman–Crippen LogP) is 4.21. The van der Waals surface area contributed by atoms with E-state index in [4.69, 9.17) is 5.26 Å². The lowest BCUT2D eigenvalue weighted by atomic mass is 9.77. The maximum absolute atomic E-state index is 14.1. The number of hydrogen-bond acceptors (Lipinski definition) is 2. The lowest BCUT2D eigenvalue weighted by molar-refractivity contribution is 0.610. The number of nitrogens with zero attached hydrogens (tertiary/aromatic N) is 1. The van der Waals surface area contributed by atoms with Crippen LogP contribution in [0.2, 0.25) is 0 Å². The molecule has 1 N–H and O–H groups in total. The maximum Gasteiger partial charge on any atom is 0.161 e. The molecule has 0 heterocycles. The van der Waals surface area contributed by atoms with E-state index in [0.29, 0.717) is 23.7 Å². The van der Waals surface area contributed by atoms with E-state index in [1.54, 1.807) is 12.1 Å². The van der Waals surface area contributed by atoms with Crippen molar-refractivity contribution in [3.8, 4) is 6.07 Å². The molecule has 0 fully saturated rings. The van der Waals surface area contributed by atoms with Crippen LogP contribution >= 0.6 is 15.9 Å². The van der Waals surface area contributed by atoms with Crippen molar-refractivity contribution < 1.29 is 4.39 Å². The first-order chi connectivity index (χ1) is 9.70. The standard InChI is InChI=1S/C16H12BrFN2/c17-15-11(8-19)5-6-14(16(15)18)20-9-12-7-10-3-1-2-4-13(10)12/h1-6,12,20H,7,9H2. The normalized spacial score (nSPS) is 15.9. The molecule has 1 unspecified atom stereocenters. The molecule has 1 aliphatic rings. The van der Waals surface area contributed by atoms with Crippen LogP contribution in [0.15, 0.2) is 40.9 Å². The Morgan fingerprint density at radius 2 is 2.10 bits per heavy atom. The Kier molecular flexibility index (Phi) is 3.45. The molecule has 0 aromatic heterocycles. The van der Waals surface area contributed by atoms with E-state index >= 15 is 0 Å². The topological polar surface area (TPSA) is 35.8 Å². The van der Waals surface area contributed by atoms with Gasteiger partial charge < -0.3 is 5.32 Å². The van der Waals surface area contributed by atoms with Crippen molar-refractivity contribution in [2.24, 2.45) is 0 Å². The quantitative estimate of drug-likeness (QED) is 0.914. The highest BCUT2D eigenvalue weighted by Crippen LogP contribution is 2.35. The smallest absolute Gasteiger partial charge is 0.161 e. The summed E-state index contributed by atoms with van der Waals surface area (Å²) in [6.07, 6.45) is 1.03. The SMILES string of the molecule is N#Cc1ccc(NCC2Cc3ccccc32)c(F)c1Br. The molecule has 4 heteroatoms. The van der Waals surface area contributed by atoms with Gasteiger partial charge in [-0.1, -0.05) is 24.3 Å². The number of nitriles is 1. The number of fused-ring (bicyclic) bond motifs is 1. The Labute approximate surface area is 125 Å². The van der Waals surface area contributed by atoms with E-state index in [0.717, 1.165) is 6.42 Å². The van der Waals surface area contributed by atoms with Gasteiger partial charge in [0.15, 0.2) is 5.82 Å². The van der Waals surface area contributed by atoms with Gasteiger partial charge in [0.05, 0.1) is 15.7 Å². The van der Waals surface area contributed by atoms with Crippen LogP contribution in [0.3, 0.4) is 0 Å². The lowest BCUT2D eigenvalue weighted by Gasteiger charge is -2.30. The van der Waals surface area contributed by atoms with Crippen LogP contribution in [-0.4, -0.2) is 6.54 Å².